The van der Waals surface area contributed by atoms with Crippen molar-refractivity contribution in [3.63, 3.8) is 0 Å². The van der Waals surface area contributed by atoms with E-state index in [2.05, 4.69) is 4.84 Å². The summed E-state index contributed by atoms with van der Waals surface area (Å²) in [4.78, 5) is 12.4. The summed E-state index contributed by atoms with van der Waals surface area (Å²) >= 11 is 0. The molecular formula is CH3NO4. The Morgan fingerprint density at radius 2 is 2.33 bits per heavy atom. The lowest BCUT2D eigenvalue weighted by Gasteiger charge is -1.86. The average Bonchev–Trinajstić information content (AvgIpc) is 1.35. The molecule has 36 valence electrons. The van der Waals surface area contributed by atoms with Crippen molar-refractivity contribution < 1.29 is 19.9 Å². The largest absolute Gasteiger partial charge is 0.527 e. The lowest BCUT2D eigenvalue weighted by atomic mass is 11.4. The Balaban J connectivity index is 2.83. The molecule has 0 spiro atoms. The van der Waals surface area contributed by atoms with Crippen LogP contribution in [-0.4, -0.2) is 16.5 Å². The number of rotatable bonds is 1. The zero-order chi connectivity index (χ0) is 4.99. The van der Waals surface area contributed by atoms with Crippen LogP contribution in [0.4, 0.5) is 4.79 Å². The molecule has 0 radical (unpaired) electrons. The maximum absolute atomic E-state index is 9.15. The summed E-state index contributed by atoms with van der Waals surface area (Å²) < 4.78 is 0. The lowest BCUT2D eigenvalue weighted by Crippen LogP contribution is -2.12. The Bertz CT molecular complexity index is 51.5. The van der Waals surface area contributed by atoms with Gasteiger partial charge < -0.3 is 9.94 Å². The molecule has 5 heteroatoms. The minimum atomic E-state index is -1.57. The molecule has 0 aromatic carbocycles. The number of carbonyl (C=O) groups is 1. The monoisotopic (exact) mass is 93.0 g/mol. The van der Waals surface area contributed by atoms with Crippen molar-refractivity contribution in [1.82, 2.24) is 5.64 Å². The summed E-state index contributed by atoms with van der Waals surface area (Å²) in [6, 6.07) is 0. The van der Waals surface area contributed by atoms with Crippen molar-refractivity contribution in [3.05, 3.63) is 0 Å². The Labute approximate surface area is 33.1 Å². The molecule has 0 fully saturated rings. The van der Waals surface area contributed by atoms with E-state index in [0.29, 0.717) is 0 Å². The Kier molecular flexibility index (Phi) is 2.10. The van der Waals surface area contributed by atoms with Gasteiger partial charge in [-0.2, -0.15) is 0 Å². The van der Waals surface area contributed by atoms with E-state index in [1.54, 1.807) is 0 Å². The first-order chi connectivity index (χ1) is 2.77. The zero-order valence-electron chi connectivity index (χ0n) is 2.71. The van der Waals surface area contributed by atoms with Crippen LogP contribution in [0.1, 0.15) is 0 Å². The van der Waals surface area contributed by atoms with E-state index in [0.717, 1.165) is 5.64 Å². The molecule has 0 rings (SSSR count). The Morgan fingerprint density at radius 3 is 2.33 bits per heavy atom. The van der Waals surface area contributed by atoms with E-state index < -0.39 is 6.16 Å². The second-order valence-electron chi connectivity index (χ2n) is 0.459. The van der Waals surface area contributed by atoms with Gasteiger partial charge in [-0.3, -0.25) is 5.21 Å². The maximum Gasteiger partial charge on any atom is 0.527 e. The van der Waals surface area contributed by atoms with Gasteiger partial charge in [-0.1, -0.05) is 0 Å². The highest BCUT2D eigenvalue weighted by Gasteiger charge is 1.87. The molecule has 0 amide bonds. The van der Waals surface area contributed by atoms with Crippen molar-refractivity contribution >= 4 is 6.16 Å². The second kappa shape index (κ2) is 2.43. The van der Waals surface area contributed by atoms with Gasteiger partial charge in [0.2, 0.25) is 0 Å². The molecule has 0 aromatic rings. The molecule has 0 bridgehead atoms. The minimum Gasteiger partial charge on any atom is -0.448 e. The highest BCUT2D eigenvalue weighted by Crippen LogP contribution is 1.60. The highest BCUT2D eigenvalue weighted by atomic mass is 16.9. The fourth-order valence-electron chi connectivity index (χ4n) is 0.0390. The van der Waals surface area contributed by atoms with Crippen molar-refractivity contribution in [2.75, 3.05) is 0 Å². The van der Waals surface area contributed by atoms with Crippen molar-refractivity contribution in [2.24, 2.45) is 0 Å². The van der Waals surface area contributed by atoms with Gasteiger partial charge in [0.1, 0.15) is 0 Å². The maximum atomic E-state index is 9.15. The van der Waals surface area contributed by atoms with E-state index in [-0.39, 0.29) is 0 Å². The molecule has 0 aromatic heterocycles. The van der Waals surface area contributed by atoms with Crippen LogP contribution in [0.2, 0.25) is 0 Å². The number of carboxylic acid groups (broad SMARTS) is 1. The molecule has 0 aliphatic rings. The summed E-state index contributed by atoms with van der Waals surface area (Å²) in [7, 11) is 0. The summed E-state index contributed by atoms with van der Waals surface area (Å²) in [6.45, 7) is 0. The van der Waals surface area contributed by atoms with Crippen LogP contribution in [0, 0.1) is 0 Å². The molecule has 5 nitrogen and oxygen atoms in total. The third kappa shape index (κ3) is 3.19. The first-order valence-corrected chi connectivity index (χ1v) is 1.06. The van der Waals surface area contributed by atoms with Crippen LogP contribution in [0.25, 0.3) is 0 Å². The second-order valence-corrected chi connectivity index (χ2v) is 0.459. The van der Waals surface area contributed by atoms with Crippen LogP contribution in [0.5, 0.6) is 0 Å². The molecule has 0 aliphatic carbocycles. The molecular weight excluding hydrogens is 90.0 g/mol. The molecule has 0 heterocycles. The summed E-state index contributed by atoms with van der Waals surface area (Å²) in [5, 5.41) is 14.9. The fraction of sp³-hybridized carbons (Fsp3) is 0. The predicted molar refractivity (Wildman–Crippen MR) is 14.0 cm³/mol. The summed E-state index contributed by atoms with van der Waals surface area (Å²) in [5.41, 5.74) is 0.968. The molecule has 0 unspecified atom stereocenters. The van der Waals surface area contributed by atoms with Gasteiger partial charge in [0.05, 0.1) is 0 Å². The van der Waals surface area contributed by atoms with Gasteiger partial charge in [-0.15, -0.1) is 0 Å². The topological polar surface area (TPSA) is 78.8 Å². The van der Waals surface area contributed by atoms with E-state index in [1.165, 1.54) is 0 Å². The van der Waals surface area contributed by atoms with Crippen LogP contribution in [0.3, 0.4) is 0 Å². The van der Waals surface area contributed by atoms with Gasteiger partial charge >= 0.3 is 6.16 Å². The smallest absolute Gasteiger partial charge is 0.448 e. The molecule has 3 N–H and O–H groups in total. The van der Waals surface area contributed by atoms with E-state index in [1.807, 2.05) is 0 Å². The fourth-order valence-corrected chi connectivity index (χ4v) is 0.0390. The minimum absolute atomic E-state index is 0.968. The van der Waals surface area contributed by atoms with Gasteiger partial charge in [0.25, 0.3) is 0 Å². The van der Waals surface area contributed by atoms with Crippen molar-refractivity contribution in [2.45, 2.75) is 0 Å². The lowest BCUT2D eigenvalue weighted by molar-refractivity contribution is -0.0948. The first-order valence-electron chi connectivity index (χ1n) is 1.06. The normalized spacial score (nSPS) is 7.50. The van der Waals surface area contributed by atoms with E-state index >= 15 is 0 Å². The van der Waals surface area contributed by atoms with E-state index in [9.17, 15) is 0 Å². The van der Waals surface area contributed by atoms with Gasteiger partial charge in [-0.25, -0.2) is 4.79 Å². The molecule has 6 heavy (non-hydrogen) atoms. The number of hydrogen-bond donors (Lipinski definition) is 3. The van der Waals surface area contributed by atoms with Crippen molar-refractivity contribution in [1.29, 1.82) is 0 Å². The Hall–Kier alpha value is -0.810. The van der Waals surface area contributed by atoms with Gasteiger partial charge in [-0.05, 0) is 5.64 Å². The predicted octanol–water partition coefficient (Wildman–Crippen LogP) is -0.425. The SMILES string of the molecule is O=C(O)ONO. The molecule has 0 aliphatic heterocycles. The molecule has 0 saturated heterocycles. The summed E-state index contributed by atoms with van der Waals surface area (Å²) in [6.07, 6.45) is -1.57. The first kappa shape index (κ1) is 5.19. The number of hydrogen-bond acceptors (Lipinski definition) is 4. The summed E-state index contributed by atoms with van der Waals surface area (Å²) in [5.74, 6) is 0. The third-order valence-electron chi connectivity index (χ3n) is 0.133. The molecule has 0 atom stereocenters. The van der Waals surface area contributed by atoms with Crippen LogP contribution < -0.4 is 5.64 Å². The average molecular weight is 93.0 g/mol. The van der Waals surface area contributed by atoms with Crippen LogP contribution in [0.15, 0.2) is 0 Å². The highest BCUT2D eigenvalue weighted by molar-refractivity contribution is 5.56. The number of nitrogens with one attached hydrogen (secondary N) is 1. The molecule has 0 saturated carbocycles. The van der Waals surface area contributed by atoms with Crippen molar-refractivity contribution in [3.8, 4) is 0 Å². The van der Waals surface area contributed by atoms with Gasteiger partial charge in [0.15, 0.2) is 0 Å². The Morgan fingerprint density at radius 1 is 1.83 bits per heavy atom. The van der Waals surface area contributed by atoms with Crippen LogP contribution >= 0.6 is 0 Å². The quantitative estimate of drug-likeness (QED) is 0.383. The van der Waals surface area contributed by atoms with Gasteiger partial charge in [0, 0.05) is 0 Å². The third-order valence-corrected chi connectivity index (χ3v) is 0.133. The van der Waals surface area contributed by atoms with E-state index in [4.69, 9.17) is 15.1 Å². The van der Waals surface area contributed by atoms with Crippen LogP contribution in [-0.2, 0) is 4.84 Å². The standard InChI is InChI=1S/CH3NO4/c3-1(4)6-2-5/h2,5H,(H,3,4). The zero-order valence-corrected chi connectivity index (χ0v) is 2.71.